The Bertz CT molecular complexity index is 1250. The van der Waals surface area contributed by atoms with Gasteiger partial charge in [0.2, 0.25) is 0 Å². The molecular weight excluding hydrogens is 432 g/mol. The number of hydrogen-bond acceptors (Lipinski definition) is 6. The van der Waals surface area contributed by atoms with E-state index in [-0.39, 0.29) is 17.7 Å². The molecule has 0 fully saturated rings. The van der Waals surface area contributed by atoms with E-state index in [4.69, 9.17) is 16.0 Å². The van der Waals surface area contributed by atoms with E-state index in [0.29, 0.717) is 17.2 Å². The predicted molar refractivity (Wildman–Crippen MR) is 121 cm³/mol. The molecule has 0 saturated heterocycles. The molecule has 1 amide bonds. The molecule has 0 aliphatic carbocycles. The van der Waals surface area contributed by atoms with Crippen molar-refractivity contribution in [3.05, 3.63) is 89.6 Å². The van der Waals surface area contributed by atoms with Gasteiger partial charge in [-0.05, 0) is 35.9 Å². The lowest BCUT2D eigenvalue weighted by Gasteiger charge is -2.19. The van der Waals surface area contributed by atoms with Crippen molar-refractivity contribution in [3.8, 4) is 0 Å². The molecule has 2 aromatic carbocycles. The molecule has 0 spiro atoms. The van der Waals surface area contributed by atoms with Crippen molar-refractivity contribution in [3.63, 3.8) is 0 Å². The number of benzene rings is 2. The van der Waals surface area contributed by atoms with E-state index in [1.807, 2.05) is 60.7 Å². The van der Waals surface area contributed by atoms with Crippen molar-refractivity contribution in [2.75, 3.05) is 5.75 Å². The highest BCUT2D eigenvalue weighted by Crippen LogP contribution is 2.34. The normalized spacial score (nSPS) is 16.0. The van der Waals surface area contributed by atoms with Gasteiger partial charge >= 0.3 is 0 Å². The van der Waals surface area contributed by atoms with Gasteiger partial charge in [-0.25, -0.2) is 15.0 Å². The number of para-hydroxylation sites is 1. The Hall–Kier alpha value is -3.16. The van der Waals surface area contributed by atoms with Crippen LogP contribution >= 0.6 is 23.4 Å². The van der Waals surface area contributed by atoms with E-state index in [9.17, 15) is 4.79 Å². The van der Waals surface area contributed by atoms with E-state index in [0.717, 1.165) is 27.2 Å². The number of halogens is 1. The summed E-state index contributed by atoms with van der Waals surface area (Å²) in [5, 5.41) is 8.54. The van der Waals surface area contributed by atoms with Crippen molar-refractivity contribution in [1.82, 2.24) is 15.0 Å². The van der Waals surface area contributed by atoms with Gasteiger partial charge in [0.25, 0.3) is 5.91 Å². The Morgan fingerprint density at radius 1 is 1.10 bits per heavy atom. The summed E-state index contributed by atoms with van der Waals surface area (Å²) in [6.07, 6.45) is 3.70. The molecule has 1 aliphatic rings. The summed E-state index contributed by atoms with van der Waals surface area (Å²) in [6.45, 7) is 0. The number of furan rings is 1. The lowest BCUT2D eigenvalue weighted by molar-refractivity contribution is -0.130. The number of thioether (sulfide) groups is 1. The first-order chi connectivity index (χ1) is 15.2. The number of hydrogen-bond donors (Lipinski definition) is 0. The smallest absolute Gasteiger partial charge is 0.253 e. The predicted octanol–water partition coefficient (Wildman–Crippen LogP) is 5.35. The first kappa shape index (κ1) is 19.8. The first-order valence-electron chi connectivity index (χ1n) is 9.70. The largest absolute Gasteiger partial charge is 0.467 e. The zero-order valence-corrected chi connectivity index (χ0v) is 17.9. The zero-order valence-electron chi connectivity index (χ0n) is 16.3. The number of amides is 1. The molecule has 0 radical (unpaired) electrons. The quantitative estimate of drug-likeness (QED) is 0.304. The van der Waals surface area contributed by atoms with Crippen LogP contribution < -0.4 is 0 Å². The van der Waals surface area contributed by atoms with Crippen LogP contribution in [-0.2, 0) is 4.79 Å². The molecule has 1 atom stereocenters. The Morgan fingerprint density at radius 2 is 1.94 bits per heavy atom. The number of fused-ring (bicyclic) bond motifs is 1. The second-order valence-corrected chi connectivity index (χ2v) is 8.41. The highest BCUT2D eigenvalue weighted by molar-refractivity contribution is 8.00. The Kier molecular flexibility index (Phi) is 5.44. The van der Waals surface area contributed by atoms with Crippen LogP contribution in [0.1, 0.15) is 23.8 Å². The van der Waals surface area contributed by atoms with Gasteiger partial charge in [-0.2, -0.15) is 5.10 Å². The van der Waals surface area contributed by atoms with Crippen molar-refractivity contribution in [2.24, 2.45) is 5.10 Å². The maximum absolute atomic E-state index is 13.2. The minimum absolute atomic E-state index is 0.113. The maximum atomic E-state index is 13.2. The summed E-state index contributed by atoms with van der Waals surface area (Å²) in [7, 11) is 0. The third kappa shape index (κ3) is 4.06. The van der Waals surface area contributed by atoms with Gasteiger partial charge in [-0.15, -0.1) is 0 Å². The first-order valence-corrected chi connectivity index (χ1v) is 11.1. The fraction of sp³-hybridized carbons (Fsp3) is 0.130. The lowest BCUT2D eigenvalue weighted by Crippen LogP contribution is -2.28. The lowest BCUT2D eigenvalue weighted by atomic mass is 10.0. The third-order valence-corrected chi connectivity index (χ3v) is 6.30. The monoisotopic (exact) mass is 448 g/mol. The van der Waals surface area contributed by atoms with Crippen molar-refractivity contribution in [2.45, 2.75) is 17.5 Å². The fourth-order valence-electron chi connectivity index (χ4n) is 3.55. The van der Waals surface area contributed by atoms with Gasteiger partial charge in [0.05, 0.1) is 23.2 Å². The summed E-state index contributed by atoms with van der Waals surface area (Å²) in [6, 6.07) is 18.6. The van der Waals surface area contributed by atoms with E-state index in [1.54, 1.807) is 6.26 Å². The molecule has 8 heteroatoms. The second kappa shape index (κ2) is 8.53. The number of carbonyl (C=O) groups excluding carboxylic acids is 1. The molecule has 0 unspecified atom stereocenters. The number of hydrazone groups is 1. The summed E-state index contributed by atoms with van der Waals surface area (Å²) < 4.78 is 5.61. The average molecular weight is 449 g/mol. The number of nitrogens with zero attached hydrogens (tertiary/aromatic N) is 4. The van der Waals surface area contributed by atoms with Crippen LogP contribution in [0.3, 0.4) is 0 Å². The minimum atomic E-state index is -0.282. The molecule has 4 aromatic rings. The molecule has 1 aliphatic heterocycles. The molecule has 3 heterocycles. The van der Waals surface area contributed by atoms with Crippen LogP contribution in [0.5, 0.6) is 0 Å². The van der Waals surface area contributed by atoms with E-state index >= 15 is 0 Å². The van der Waals surface area contributed by atoms with Crippen molar-refractivity contribution in [1.29, 1.82) is 0 Å². The number of aromatic nitrogens is 2. The molecule has 2 aromatic heterocycles. The van der Waals surface area contributed by atoms with Crippen LogP contribution in [0.25, 0.3) is 10.9 Å². The van der Waals surface area contributed by atoms with E-state index in [2.05, 4.69) is 15.1 Å². The van der Waals surface area contributed by atoms with Gasteiger partial charge < -0.3 is 4.42 Å². The van der Waals surface area contributed by atoms with Gasteiger partial charge in [0.1, 0.15) is 23.2 Å². The average Bonchev–Trinajstić information content (AvgIpc) is 3.48. The number of carbonyl (C=O) groups is 1. The van der Waals surface area contributed by atoms with Crippen LogP contribution in [0, 0.1) is 0 Å². The molecule has 0 saturated carbocycles. The standard InChI is InChI=1S/C23H17ClN4O2S/c24-16-9-7-15(8-10-16)19-12-20(21-6-3-11-30-21)28(27-19)22(29)13-31-23-17-4-1-2-5-18(17)25-14-26-23/h1-11,14,20H,12-13H2/t20-/m0/s1. The van der Waals surface area contributed by atoms with Crippen LogP contribution in [0.2, 0.25) is 5.02 Å². The van der Waals surface area contributed by atoms with Gasteiger partial charge in [0, 0.05) is 16.8 Å². The summed E-state index contributed by atoms with van der Waals surface area (Å²) in [5.74, 6) is 0.798. The third-order valence-electron chi connectivity index (χ3n) is 5.05. The summed E-state index contributed by atoms with van der Waals surface area (Å²) in [4.78, 5) is 21.8. The molecule has 0 bridgehead atoms. The van der Waals surface area contributed by atoms with E-state index in [1.165, 1.54) is 23.1 Å². The van der Waals surface area contributed by atoms with Crippen LogP contribution in [-0.4, -0.2) is 32.3 Å². The van der Waals surface area contributed by atoms with Crippen molar-refractivity contribution < 1.29 is 9.21 Å². The maximum Gasteiger partial charge on any atom is 0.253 e. The Labute approximate surface area is 187 Å². The Morgan fingerprint density at radius 3 is 2.74 bits per heavy atom. The molecule has 154 valence electrons. The molecular formula is C23H17ClN4O2S. The SMILES string of the molecule is O=C(CSc1ncnc2ccccc12)N1N=C(c2ccc(Cl)cc2)C[C@H]1c1ccco1. The highest BCUT2D eigenvalue weighted by atomic mass is 35.5. The van der Waals surface area contributed by atoms with E-state index < -0.39 is 0 Å². The minimum Gasteiger partial charge on any atom is -0.467 e. The second-order valence-electron chi connectivity index (χ2n) is 7.01. The van der Waals surface area contributed by atoms with Gasteiger partial charge in [-0.1, -0.05) is 53.7 Å². The van der Waals surface area contributed by atoms with Gasteiger partial charge in [0.15, 0.2) is 0 Å². The Balaban J connectivity index is 1.39. The molecule has 5 rings (SSSR count). The topological polar surface area (TPSA) is 71.6 Å². The summed E-state index contributed by atoms with van der Waals surface area (Å²) in [5.41, 5.74) is 2.61. The van der Waals surface area contributed by atoms with Gasteiger partial charge in [-0.3, -0.25) is 4.79 Å². The molecule has 0 N–H and O–H groups in total. The number of rotatable bonds is 5. The van der Waals surface area contributed by atoms with Crippen LogP contribution in [0.4, 0.5) is 0 Å². The highest BCUT2D eigenvalue weighted by Gasteiger charge is 2.34. The fourth-order valence-corrected chi connectivity index (χ4v) is 4.52. The summed E-state index contributed by atoms with van der Waals surface area (Å²) >= 11 is 7.40. The molecule has 31 heavy (non-hydrogen) atoms. The zero-order chi connectivity index (χ0) is 21.2. The molecule has 6 nitrogen and oxygen atoms in total. The van der Waals surface area contributed by atoms with Crippen LogP contribution in [0.15, 0.2) is 87.8 Å². The van der Waals surface area contributed by atoms with Crippen molar-refractivity contribution >= 4 is 45.9 Å².